The van der Waals surface area contributed by atoms with Crippen LogP contribution in [0.2, 0.25) is 0 Å². The number of rotatable bonds is 2. The molecule has 0 amide bonds. The molecule has 0 spiro atoms. The van der Waals surface area contributed by atoms with Crippen molar-refractivity contribution >= 4 is 88.9 Å². The standard InChI is InChI=1S/C76H83BN2OS/c1-42-33-54-58(74(13,14)31-27-70(54,5)6)40-60(42)78-65-51-37-56-59(75(15,16)32-29-72(56,9)10)41-63(51)81-68(65)77-64-49(35-50-45-21-19-20-22-62(45)80-67(50)66(64)78)48-34-46-47-36-55-57(73(11,12)30-28-71(55,7)8)38-52(47)76(17,18)53(46)39-61(48)79(77)44-25-23-43(24-26-44)69(2,3)4/h19-26,33-41H,27-32H2,1-18H3. The van der Waals surface area contributed by atoms with Crippen molar-refractivity contribution in [2.45, 2.75) is 206 Å². The number of thiophene rings is 1. The van der Waals surface area contributed by atoms with Crippen molar-refractivity contribution in [3.8, 4) is 22.3 Å². The summed E-state index contributed by atoms with van der Waals surface area (Å²) in [5, 5.41) is 3.69. The van der Waals surface area contributed by atoms with Gasteiger partial charge < -0.3 is 14.1 Å². The van der Waals surface area contributed by atoms with Gasteiger partial charge in [-0.2, -0.15) is 0 Å². The molecule has 15 rings (SSSR count). The highest BCUT2D eigenvalue weighted by Gasteiger charge is 2.52. The van der Waals surface area contributed by atoms with Gasteiger partial charge in [0.25, 0.3) is 0 Å². The molecule has 412 valence electrons. The van der Waals surface area contributed by atoms with Crippen LogP contribution in [-0.4, -0.2) is 6.85 Å². The normalized spacial score (nSPS) is 20.5. The fourth-order valence-corrected chi connectivity index (χ4v) is 17.9. The Balaban J connectivity index is 1.12. The average Bonchev–Trinajstić information content (AvgIpc) is 1.98. The minimum Gasteiger partial charge on any atom is -0.454 e. The molecular formula is C76H83BN2OS. The molecule has 7 aromatic carbocycles. The van der Waals surface area contributed by atoms with Gasteiger partial charge in [0.05, 0.1) is 11.4 Å². The molecule has 3 nitrogen and oxygen atoms in total. The maximum atomic E-state index is 7.52. The third-order valence-corrected chi connectivity index (χ3v) is 23.5. The molecule has 81 heavy (non-hydrogen) atoms. The van der Waals surface area contributed by atoms with Gasteiger partial charge in [0, 0.05) is 53.7 Å². The van der Waals surface area contributed by atoms with Crippen molar-refractivity contribution in [1.29, 1.82) is 0 Å². The van der Waals surface area contributed by atoms with Gasteiger partial charge in [-0.25, -0.2) is 0 Å². The maximum Gasteiger partial charge on any atom is 0.343 e. The summed E-state index contributed by atoms with van der Waals surface area (Å²) in [4.78, 5) is 5.56. The SMILES string of the molecule is Cc1cc2c(cc1N1c3c(sc4cc5c(cc34)C(C)(C)CCC5(C)C)B3c4c(cc5c(oc6ccccc65)c41)-c1cc4c(cc1N3c1ccc(C(C)(C)C)cc1)C(C)(C)c1cc3c(cc1-4)C(C)(C)CCC3(C)C)C(C)(C)CCC2(C)C. The first-order chi connectivity index (χ1) is 37.9. The Bertz CT molecular complexity index is 4270. The number of hydrogen-bond donors (Lipinski definition) is 0. The van der Waals surface area contributed by atoms with E-state index in [0.29, 0.717) is 0 Å². The highest BCUT2D eigenvalue weighted by atomic mass is 32.1. The third kappa shape index (κ3) is 7.00. The average molecular weight is 1080 g/mol. The number of aryl methyl sites for hydroxylation is 1. The molecule has 6 aliphatic rings. The van der Waals surface area contributed by atoms with Crippen molar-refractivity contribution < 1.29 is 4.42 Å². The van der Waals surface area contributed by atoms with E-state index in [1.165, 1.54) is 158 Å². The van der Waals surface area contributed by atoms with Crippen LogP contribution < -0.4 is 20.0 Å². The Morgan fingerprint density at radius 1 is 0.469 bits per heavy atom. The highest BCUT2D eigenvalue weighted by molar-refractivity contribution is 7.32. The van der Waals surface area contributed by atoms with E-state index in [4.69, 9.17) is 4.42 Å². The minimum atomic E-state index is -0.221. The fraction of sp³-hybridized carbons (Fsp3) is 0.421. The minimum absolute atomic E-state index is 0.00505. The van der Waals surface area contributed by atoms with Crippen LogP contribution in [0.3, 0.4) is 0 Å². The van der Waals surface area contributed by atoms with Crippen LogP contribution in [0.15, 0.2) is 108 Å². The van der Waals surface area contributed by atoms with Gasteiger partial charge >= 0.3 is 6.85 Å². The van der Waals surface area contributed by atoms with Gasteiger partial charge in [-0.05, 0) is 222 Å². The molecule has 9 aromatic rings. The van der Waals surface area contributed by atoms with E-state index < -0.39 is 0 Å². The van der Waals surface area contributed by atoms with Gasteiger partial charge in [0.15, 0.2) is 5.58 Å². The van der Waals surface area contributed by atoms with Crippen LogP contribution in [0.25, 0.3) is 54.3 Å². The summed E-state index contributed by atoms with van der Waals surface area (Å²) in [6.45, 7) is 44.1. The lowest BCUT2D eigenvalue weighted by Gasteiger charge is -2.46. The van der Waals surface area contributed by atoms with E-state index in [2.05, 4.69) is 249 Å². The zero-order valence-corrected chi connectivity index (χ0v) is 52.7. The van der Waals surface area contributed by atoms with E-state index in [-0.39, 0.29) is 50.2 Å². The van der Waals surface area contributed by atoms with Crippen LogP contribution >= 0.6 is 11.3 Å². The number of para-hydroxylation sites is 1. The largest absolute Gasteiger partial charge is 0.454 e. The van der Waals surface area contributed by atoms with Gasteiger partial charge in [-0.1, -0.05) is 160 Å². The summed E-state index contributed by atoms with van der Waals surface area (Å²) in [7, 11) is 0. The number of furan rings is 1. The lowest BCUT2D eigenvalue weighted by Crippen LogP contribution is -2.60. The van der Waals surface area contributed by atoms with Crippen molar-refractivity contribution in [3.63, 3.8) is 0 Å². The molecule has 4 aliphatic carbocycles. The van der Waals surface area contributed by atoms with Crippen LogP contribution in [0.4, 0.5) is 28.4 Å². The molecular weight excluding hydrogens is 1000 g/mol. The Kier molecular flexibility index (Phi) is 10.2. The van der Waals surface area contributed by atoms with Crippen molar-refractivity contribution in [1.82, 2.24) is 0 Å². The van der Waals surface area contributed by atoms with Gasteiger partial charge in [-0.15, -0.1) is 11.3 Å². The van der Waals surface area contributed by atoms with E-state index in [9.17, 15) is 0 Å². The van der Waals surface area contributed by atoms with Gasteiger partial charge in [0.2, 0.25) is 0 Å². The van der Waals surface area contributed by atoms with Gasteiger partial charge in [-0.3, -0.25) is 0 Å². The van der Waals surface area contributed by atoms with E-state index in [1.807, 2.05) is 0 Å². The molecule has 0 atom stereocenters. The molecule has 0 unspecified atom stereocenters. The molecule has 4 heterocycles. The zero-order valence-electron chi connectivity index (χ0n) is 51.8. The topological polar surface area (TPSA) is 19.6 Å². The van der Waals surface area contributed by atoms with Gasteiger partial charge in [0.1, 0.15) is 5.58 Å². The molecule has 0 radical (unpaired) electrons. The first-order valence-electron chi connectivity index (χ1n) is 30.7. The second-order valence-corrected chi connectivity index (χ2v) is 32.8. The second kappa shape index (κ2) is 16.0. The Labute approximate surface area is 487 Å². The van der Waals surface area contributed by atoms with E-state index >= 15 is 0 Å². The molecule has 0 fully saturated rings. The summed E-state index contributed by atoms with van der Waals surface area (Å²) < 4.78 is 10.3. The van der Waals surface area contributed by atoms with Crippen LogP contribution in [0.1, 0.15) is 212 Å². The lowest BCUT2D eigenvalue weighted by atomic mass is 9.46. The molecule has 2 aromatic heterocycles. The predicted octanol–water partition coefficient (Wildman–Crippen LogP) is 20.5. The quantitative estimate of drug-likeness (QED) is 0.161. The third-order valence-electron chi connectivity index (χ3n) is 22.3. The first-order valence-corrected chi connectivity index (χ1v) is 31.6. The molecule has 0 saturated carbocycles. The first kappa shape index (κ1) is 51.8. The van der Waals surface area contributed by atoms with Crippen molar-refractivity contribution in [2.24, 2.45) is 0 Å². The number of nitrogens with zero attached hydrogens (tertiary/aromatic N) is 2. The summed E-state index contributed by atoms with van der Waals surface area (Å²) in [5.41, 5.74) is 29.6. The molecule has 0 bridgehead atoms. The summed E-state index contributed by atoms with van der Waals surface area (Å²) in [6, 6.07) is 42.3. The molecule has 5 heteroatoms. The molecule has 2 aliphatic heterocycles. The summed E-state index contributed by atoms with van der Waals surface area (Å²) >= 11 is 2.05. The number of hydrogen-bond acceptors (Lipinski definition) is 4. The predicted molar refractivity (Wildman–Crippen MR) is 350 cm³/mol. The van der Waals surface area contributed by atoms with Crippen molar-refractivity contribution in [3.05, 3.63) is 159 Å². The summed E-state index contributed by atoms with van der Waals surface area (Å²) in [5.74, 6) is 0. The monoisotopic (exact) mass is 1080 g/mol. The van der Waals surface area contributed by atoms with E-state index in [0.717, 1.165) is 29.4 Å². The Morgan fingerprint density at radius 3 is 1.60 bits per heavy atom. The van der Waals surface area contributed by atoms with Crippen LogP contribution in [0, 0.1) is 6.92 Å². The smallest absolute Gasteiger partial charge is 0.343 e. The van der Waals surface area contributed by atoms with Crippen LogP contribution in [-0.2, 0) is 43.3 Å². The van der Waals surface area contributed by atoms with Crippen molar-refractivity contribution in [2.75, 3.05) is 9.71 Å². The zero-order chi connectivity index (χ0) is 57.0. The lowest BCUT2D eigenvalue weighted by molar-refractivity contribution is 0.331. The number of fused-ring (bicyclic) bond motifs is 16. The number of anilines is 5. The number of benzene rings is 7. The van der Waals surface area contributed by atoms with Crippen LogP contribution in [0.5, 0.6) is 0 Å². The molecule has 0 saturated heterocycles. The maximum absolute atomic E-state index is 7.52. The summed E-state index contributed by atoms with van der Waals surface area (Å²) in [6.07, 6.45) is 7.05. The highest BCUT2D eigenvalue weighted by Crippen LogP contribution is 2.61. The Morgan fingerprint density at radius 2 is 0.988 bits per heavy atom. The Hall–Kier alpha value is -6.04. The fourth-order valence-electron chi connectivity index (χ4n) is 16.6. The molecule has 0 N–H and O–H groups in total. The second-order valence-electron chi connectivity index (χ2n) is 31.7. The van der Waals surface area contributed by atoms with E-state index in [1.54, 1.807) is 0 Å².